The molecule has 10 rings (SSSR count). The Kier molecular flexibility index (Phi) is 27.5. The van der Waals surface area contributed by atoms with E-state index in [1.165, 1.54) is 30.4 Å². The first kappa shape index (κ1) is 83.0. The maximum atomic E-state index is 12.3. The van der Waals surface area contributed by atoms with Crippen LogP contribution in [0.15, 0.2) is 205 Å². The summed E-state index contributed by atoms with van der Waals surface area (Å²) in [6.45, 7) is 15.2. The van der Waals surface area contributed by atoms with Crippen LogP contribution in [0.5, 0.6) is 11.5 Å². The molecule has 5 aliphatic rings. The number of halogens is 6. The SMILES string of the molecule is CC1(C)CC(=O)C=C(NS(=O)(=O)c2ccc(OC(F)(F)F)cc2)C1.Cc1ccc(S(=O)(=O)NC2=CC(=O)CC(C)(C)C2)cc1.Cc1ccc(S(=O)(=O)NC2=CC(=O)CC(C)C2)cc1.Cc1ccc(S(=O)(=O)NC2=CC(=O)CCC2)cc1.O=C1C=C(NS(=O)(=O)c2ccc(OC(F)(F)F)cc2)CCC1. The predicted octanol–water partition coefficient (Wildman–Crippen LogP) is 12.2. The van der Waals surface area contributed by atoms with Gasteiger partial charge in [0.25, 0.3) is 50.1 Å². The predicted molar refractivity (Wildman–Crippen MR) is 369 cm³/mol. The Hall–Kier alpha value is -8.92. The lowest BCUT2D eigenvalue weighted by atomic mass is 9.79. The Bertz CT molecular complexity index is 4710. The molecule has 0 radical (unpaired) electrons. The summed E-state index contributed by atoms with van der Waals surface area (Å²) in [6.07, 6.45) is 2.82. The molecule has 1 unspecified atom stereocenters. The molecule has 0 amide bonds. The van der Waals surface area contributed by atoms with Crippen LogP contribution >= 0.6 is 0 Å². The normalized spacial score (nSPS) is 17.8. The van der Waals surface area contributed by atoms with Gasteiger partial charge in [0, 0.05) is 91.0 Å². The largest absolute Gasteiger partial charge is 0.573 e. The topological polar surface area (TPSA) is 335 Å². The van der Waals surface area contributed by atoms with Gasteiger partial charge >= 0.3 is 12.7 Å². The zero-order chi connectivity index (χ0) is 76.7. The van der Waals surface area contributed by atoms with Gasteiger partial charge in [-0.1, -0.05) is 87.7 Å². The van der Waals surface area contributed by atoms with Crippen LogP contribution in [0.25, 0.3) is 0 Å². The second-order valence-corrected chi connectivity index (χ2v) is 34.9. The highest BCUT2D eigenvalue weighted by molar-refractivity contribution is 7.90. The molecule has 0 aliphatic heterocycles. The first-order valence-corrected chi connectivity index (χ1v) is 39.2. The van der Waals surface area contributed by atoms with Gasteiger partial charge in [-0.15, -0.1) is 26.3 Å². The quantitative estimate of drug-likeness (QED) is 0.0540. The van der Waals surface area contributed by atoms with E-state index >= 15 is 0 Å². The smallest absolute Gasteiger partial charge is 0.406 e. The van der Waals surface area contributed by atoms with Crippen molar-refractivity contribution in [3.05, 3.63) is 197 Å². The number of nitrogens with one attached hydrogen (secondary N) is 5. The van der Waals surface area contributed by atoms with Crippen LogP contribution < -0.4 is 33.1 Å². The van der Waals surface area contributed by atoms with Crippen molar-refractivity contribution in [2.75, 3.05) is 0 Å². The summed E-state index contributed by atoms with van der Waals surface area (Å²) in [5.41, 5.74) is 4.37. The number of rotatable bonds is 17. The van der Waals surface area contributed by atoms with Crippen LogP contribution in [0.2, 0.25) is 0 Å². The number of ether oxygens (including phenoxy) is 2. The van der Waals surface area contributed by atoms with Crippen LogP contribution in [0, 0.1) is 37.5 Å². The third-order valence-electron chi connectivity index (χ3n) is 15.2. The summed E-state index contributed by atoms with van der Waals surface area (Å²) >= 11 is 0. The van der Waals surface area contributed by atoms with Gasteiger partial charge in [0.05, 0.1) is 24.5 Å². The molecule has 0 heterocycles. The molecule has 5 aromatic carbocycles. The summed E-state index contributed by atoms with van der Waals surface area (Å²) < 4.78 is 214. The van der Waals surface area contributed by atoms with E-state index < -0.39 is 74.3 Å². The molecule has 5 aliphatic carbocycles. The van der Waals surface area contributed by atoms with Crippen molar-refractivity contribution in [3.8, 4) is 11.5 Å². The number of aryl methyl sites for hydroxylation is 3. The van der Waals surface area contributed by atoms with E-state index in [1.807, 2.05) is 55.4 Å². The minimum absolute atomic E-state index is 0.0251. The number of hydrogen-bond donors (Lipinski definition) is 5. The fraction of sp³-hybridized carbons (Fsp3) is 0.357. The van der Waals surface area contributed by atoms with Crippen molar-refractivity contribution >= 4 is 79.0 Å². The number of alkyl halides is 6. The monoisotopic (exact) mass is 1540 g/mol. The number of benzene rings is 5. The fourth-order valence-electron chi connectivity index (χ4n) is 10.7. The Morgan fingerprint density at radius 2 is 0.592 bits per heavy atom. The van der Waals surface area contributed by atoms with Crippen LogP contribution in [0.4, 0.5) is 26.3 Å². The van der Waals surface area contributed by atoms with E-state index in [-0.39, 0.29) is 81.5 Å². The molecule has 5 N–H and O–H groups in total. The minimum atomic E-state index is -4.85. The average Bonchev–Trinajstić information content (AvgIpc) is 0.953. The average molecular weight is 1540 g/mol. The van der Waals surface area contributed by atoms with Crippen molar-refractivity contribution < 1.29 is 102 Å². The van der Waals surface area contributed by atoms with E-state index in [0.717, 1.165) is 65.2 Å². The molecule has 0 saturated carbocycles. The van der Waals surface area contributed by atoms with Crippen molar-refractivity contribution in [1.29, 1.82) is 0 Å². The lowest BCUT2D eigenvalue weighted by molar-refractivity contribution is -0.275. The number of carbonyl (C=O) groups excluding carboxylic acids is 5. The van der Waals surface area contributed by atoms with Gasteiger partial charge in [-0.25, -0.2) is 42.1 Å². The molecule has 5 aromatic rings. The highest BCUT2D eigenvalue weighted by atomic mass is 32.2. The van der Waals surface area contributed by atoms with E-state index in [0.29, 0.717) is 94.1 Å². The Labute approximate surface area is 595 Å². The molecule has 22 nitrogen and oxygen atoms in total. The van der Waals surface area contributed by atoms with Gasteiger partial charge in [0.1, 0.15) is 11.5 Å². The summed E-state index contributed by atoms with van der Waals surface area (Å²) in [4.78, 5) is 57.4. The van der Waals surface area contributed by atoms with Crippen molar-refractivity contribution in [2.24, 2.45) is 16.7 Å². The molecule has 0 saturated heterocycles. The number of sulfonamides is 5. The van der Waals surface area contributed by atoms with Gasteiger partial charge in [-0.3, -0.25) is 47.6 Å². The second kappa shape index (κ2) is 34.1. The number of hydrogen-bond acceptors (Lipinski definition) is 17. The van der Waals surface area contributed by atoms with Gasteiger partial charge in [0.15, 0.2) is 28.9 Å². The highest BCUT2D eigenvalue weighted by Crippen LogP contribution is 2.35. The third kappa shape index (κ3) is 28.0. The third-order valence-corrected chi connectivity index (χ3v) is 22.4. The standard InChI is InChI=1S/C15H16F3NO4S.C15H19NO3S.C14H17NO3S.C13H12F3NO4S.C13H15NO3S/c1-14(2)8-10(7-11(20)9-14)19-24(21,22)13-5-3-12(4-6-13)23-15(16,17)18;1-11-4-6-14(7-5-11)20(18,19)16-12-8-13(17)10-15(2,3)9-12;1-10-3-5-14(6-4-10)19(17,18)15-12-7-11(2)8-13(16)9-12;14-13(15,16)21-11-4-6-12(7-5-11)22(19,20)17-9-2-1-3-10(18)8-9;1-10-5-7-13(8-6-10)18(16,17)14-11-3-2-4-12(15)9-11/h3-7,19H,8-9H2,1-2H3;4-8,16H,9-10H2,1-3H3;3-6,9,11,15H,7-8H2,1-2H3;4-8,17H,1-3H2;5-9,14H,2-4H2,1H3. The summed E-state index contributed by atoms with van der Waals surface area (Å²) in [5, 5.41) is 0. The van der Waals surface area contributed by atoms with E-state index in [9.17, 15) is 92.4 Å². The second-order valence-electron chi connectivity index (χ2n) is 26.4. The molecule has 0 fully saturated rings. The Morgan fingerprint density at radius 1 is 0.340 bits per heavy atom. The van der Waals surface area contributed by atoms with Gasteiger partial charge in [-0.05, 0) is 167 Å². The van der Waals surface area contributed by atoms with Crippen molar-refractivity contribution in [2.45, 2.75) is 170 Å². The summed E-state index contributed by atoms with van der Waals surface area (Å²) in [7, 11) is -18.7. The van der Waals surface area contributed by atoms with Crippen LogP contribution in [-0.2, 0) is 74.1 Å². The van der Waals surface area contributed by atoms with E-state index in [4.69, 9.17) is 0 Å². The van der Waals surface area contributed by atoms with Gasteiger partial charge in [0.2, 0.25) is 0 Å². The van der Waals surface area contributed by atoms with Crippen LogP contribution in [0.1, 0.15) is 128 Å². The van der Waals surface area contributed by atoms with Crippen LogP contribution in [0.3, 0.4) is 0 Å². The number of carbonyl (C=O) groups is 5. The number of ketones is 5. The van der Waals surface area contributed by atoms with Crippen molar-refractivity contribution in [3.63, 3.8) is 0 Å². The maximum absolute atomic E-state index is 12.3. The summed E-state index contributed by atoms with van der Waals surface area (Å²) in [5.74, 6) is -1.30. The van der Waals surface area contributed by atoms with E-state index in [1.54, 1.807) is 72.8 Å². The molecular weight excluding hydrogens is 1460 g/mol. The molecule has 0 aromatic heterocycles. The highest BCUT2D eigenvalue weighted by Gasteiger charge is 2.35. The molecule has 558 valence electrons. The lowest BCUT2D eigenvalue weighted by Crippen LogP contribution is -2.31. The van der Waals surface area contributed by atoms with Gasteiger partial charge < -0.3 is 9.47 Å². The Balaban J connectivity index is 0.000000203. The first-order valence-electron chi connectivity index (χ1n) is 31.8. The molecule has 0 bridgehead atoms. The fourth-order valence-corrected chi connectivity index (χ4v) is 16.2. The first-order chi connectivity index (χ1) is 47.5. The zero-order valence-electron chi connectivity index (χ0n) is 57.2. The molecule has 1 atom stereocenters. The van der Waals surface area contributed by atoms with E-state index in [2.05, 4.69) is 33.1 Å². The molecule has 0 spiro atoms. The minimum Gasteiger partial charge on any atom is -0.406 e. The number of allylic oxidation sites excluding steroid dienone is 10. The Morgan fingerprint density at radius 3 is 0.854 bits per heavy atom. The maximum Gasteiger partial charge on any atom is 0.573 e. The molecular formula is C70H79F6N5O17S5. The van der Waals surface area contributed by atoms with Crippen LogP contribution in [-0.4, -0.2) is 83.7 Å². The zero-order valence-corrected chi connectivity index (χ0v) is 61.3. The summed E-state index contributed by atoms with van der Waals surface area (Å²) in [6, 6.07) is 27.5. The molecule has 33 heteroatoms. The van der Waals surface area contributed by atoms with Crippen molar-refractivity contribution in [1.82, 2.24) is 23.6 Å². The van der Waals surface area contributed by atoms with Gasteiger partial charge in [-0.2, -0.15) is 0 Å². The lowest BCUT2D eigenvalue weighted by Gasteiger charge is -2.29. The molecule has 103 heavy (non-hydrogen) atoms.